The third-order valence-corrected chi connectivity index (χ3v) is 10.9. The summed E-state index contributed by atoms with van der Waals surface area (Å²) >= 11 is 0. The molecule has 0 amide bonds. The molecule has 0 saturated carbocycles. The van der Waals surface area contributed by atoms with Crippen LogP contribution in [0.1, 0.15) is 75.8 Å². The van der Waals surface area contributed by atoms with Gasteiger partial charge in [-0.05, 0) is 75.8 Å². The van der Waals surface area contributed by atoms with Crippen LogP contribution in [0.3, 0.4) is 0 Å². The molecule has 2 aromatic carbocycles. The van der Waals surface area contributed by atoms with Crippen molar-refractivity contribution in [3.8, 4) is 0 Å². The summed E-state index contributed by atoms with van der Waals surface area (Å²) in [6.45, 7) is 1.78. The van der Waals surface area contributed by atoms with Gasteiger partial charge in [-0.25, -0.2) is 26.0 Å². The van der Waals surface area contributed by atoms with Gasteiger partial charge in [0.05, 0.1) is 26.8 Å². The number of unbranched alkanes of at least 4 members (excludes halogenated alkanes) is 4. The van der Waals surface area contributed by atoms with Gasteiger partial charge in [0.2, 0.25) is 11.6 Å². The molecule has 2 aliphatic rings. The minimum Gasteiger partial charge on any atom is -0.748 e. The molecule has 2 N–H and O–H groups in total. The maximum absolute atomic E-state index is 15.7. The fourth-order valence-corrected chi connectivity index (χ4v) is 7.91. The van der Waals surface area contributed by atoms with E-state index in [-0.39, 0.29) is 57.2 Å². The molecule has 2 aliphatic heterocycles. The molecular weight excluding hydrogens is 760 g/mol. The van der Waals surface area contributed by atoms with Gasteiger partial charge in [-0.1, -0.05) is 30.7 Å². The Kier molecular flexibility index (Phi) is 14.2. The second kappa shape index (κ2) is 18.0. The molecule has 2 aromatic rings. The van der Waals surface area contributed by atoms with E-state index in [2.05, 4.69) is 0 Å². The monoisotopic (exact) mass is 800 g/mol. The Balaban J connectivity index is 1.70. The lowest BCUT2D eigenvalue weighted by Gasteiger charge is -2.30. The van der Waals surface area contributed by atoms with Gasteiger partial charge in [0, 0.05) is 48.2 Å². The van der Waals surface area contributed by atoms with E-state index in [1.54, 1.807) is 36.4 Å². The summed E-state index contributed by atoms with van der Waals surface area (Å²) in [6.07, 6.45) is 12.6. The number of anilines is 1. The number of aliphatic carboxylic acids is 1. The summed E-state index contributed by atoms with van der Waals surface area (Å²) in [5.41, 5.74) is -0.378. The predicted molar refractivity (Wildman–Crippen MR) is 193 cm³/mol. The first kappa shape index (κ1) is 42.6. The summed E-state index contributed by atoms with van der Waals surface area (Å²) < 4.78 is 141. The van der Waals surface area contributed by atoms with E-state index in [0.717, 1.165) is 0 Å². The average Bonchev–Trinajstić information content (AvgIpc) is 3.32. The van der Waals surface area contributed by atoms with Crippen molar-refractivity contribution in [1.29, 1.82) is 0 Å². The zero-order valence-electron chi connectivity index (χ0n) is 29.4. The molecule has 10 nitrogen and oxygen atoms in total. The number of halogens is 5. The lowest BCUT2D eigenvalue weighted by atomic mass is 9.75. The number of carbonyl (C=O) groups is 1. The van der Waals surface area contributed by atoms with Crippen molar-refractivity contribution in [3.05, 3.63) is 101 Å². The topological polar surface area (TPSA) is 155 Å². The molecule has 0 aromatic heterocycles. The molecule has 294 valence electrons. The molecular formula is C37H41F5N2O8S2. The average molecular weight is 801 g/mol. The van der Waals surface area contributed by atoms with Crippen LogP contribution in [0.15, 0.2) is 60.4 Å². The summed E-state index contributed by atoms with van der Waals surface area (Å²) in [4.78, 5) is 12.8. The highest BCUT2D eigenvalue weighted by atomic mass is 32.2. The highest BCUT2D eigenvalue weighted by Gasteiger charge is 2.53. The van der Waals surface area contributed by atoms with E-state index in [1.165, 1.54) is 35.8 Å². The van der Waals surface area contributed by atoms with Crippen molar-refractivity contribution in [2.24, 2.45) is 0 Å². The lowest BCUT2D eigenvalue weighted by molar-refractivity contribution is -0.441. The number of allylic oxidation sites excluding steroid dienone is 6. The van der Waals surface area contributed by atoms with Crippen molar-refractivity contribution in [2.45, 2.75) is 70.1 Å². The molecule has 0 aliphatic carbocycles. The van der Waals surface area contributed by atoms with Gasteiger partial charge in [-0.15, -0.1) is 0 Å². The van der Waals surface area contributed by atoms with Gasteiger partial charge in [-0.2, -0.15) is 17.4 Å². The molecule has 54 heavy (non-hydrogen) atoms. The largest absolute Gasteiger partial charge is 0.748 e. The number of fused-ring (bicyclic) bond motifs is 2. The SMILES string of the molecule is CC1(CCCCS(=O)(=O)O)C(/C=C/C=C/C=C2\C=Cc3cc(F)ccc3N2CCCCS(=O)(=O)[O-])=[N+](CCCCCC(=O)O)c2c(F)c(F)c(F)c(F)c21. The van der Waals surface area contributed by atoms with Crippen molar-refractivity contribution < 1.29 is 62.4 Å². The molecule has 1 unspecified atom stereocenters. The summed E-state index contributed by atoms with van der Waals surface area (Å²) in [6, 6.07) is 4.19. The molecule has 17 heteroatoms. The molecule has 1 atom stereocenters. The first-order valence-electron chi connectivity index (χ1n) is 17.3. The number of rotatable bonds is 19. The third-order valence-electron chi connectivity index (χ3n) is 9.32. The Morgan fingerprint density at radius 1 is 0.870 bits per heavy atom. The van der Waals surface area contributed by atoms with Gasteiger partial charge in [0.15, 0.2) is 17.3 Å². The fraction of sp³-hybridized carbons (Fsp3) is 0.405. The van der Waals surface area contributed by atoms with Crippen molar-refractivity contribution in [1.82, 2.24) is 0 Å². The van der Waals surface area contributed by atoms with Crippen molar-refractivity contribution >= 4 is 49.4 Å². The van der Waals surface area contributed by atoms with E-state index in [1.807, 2.05) is 4.90 Å². The van der Waals surface area contributed by atoms with Crippen LogP contribution in [-0.2, 0) is 30.4 Å². The van der Waals surface area contributed by atoms with E-state index in [0.29, 0.717) is 36.3 Å². The summed E-state index contributed by atoms with van der Waals surface area (Å²) in [5, 5.41) is 9.00. The van der Waals surface area contributed by atoms with E-state index in [4.69, 9.17) is 5.11 Å². The molecule has 0 saturated heterocycles. The Hall–Kier alpha value is -4.19. The second-order valence-corrected chi connectivity index (χ2v) is 16.4. The molecule has 2 heterocycles. The van der Waals surface area contributed by atoms with Crippen LogP contribution in [0, 0.1) is 29.1 Å². The summed E-state index contributed by atoms with van der Waals surface area (Å²) in [7, 11) is -8.74. The maximum Gasteiger partial charge on any atom is 0.303 e. The van der Waals surface area contributed by atoms with Gasteiger partial charge in [0.1, 0.15) is 12.4 Å². The zero-order chi connectivity index (χ0) is 39.8. The van der Waals surface area contributed by atoms with Crippen LogP contribution in [0.25, 0.3) is 6.08 Å². The third kappa shape index (κ3) is 10.7. The number of nitrogens with zero attached hydrogens (tertiary/aromatic N) is 2. The van der Waals surface area contributed by atoms with Crippen LogP contribution in [0.5, 0.6) is 0 Å². The maximum atomic E-state index is 15.7. The number of carboxylic acids is 1. The molecule has 4 rings (SSSR count). The molecule has 0 bridgehead atoms. The van der Waals surface area contributed by atoms with Crippen molar-refractivity contribution in [2.75, 3.05) is 29.5 Å². The van der Waals surface area contributed by atoms with Crippen LogP contribution in [0.4, 0.5) is 33.3 Å². The quantitative estimate of drug-likeness (QED) is 0.0283. The number of hydrogen-bond acceptors (Lipinski definition) is 7. The van der Waals surface area contributed by atoms with E-state index >= 15 is 8.78 Å². The van der Waals surface area contributed by atoms with Gasteiger partial charge >= 0.3 is 5.97 Å². The Labute approximate surface area is 311 Å². The highest BCUT2D eigenvalue weighted by molar-refractivity contribution is 7.85. The first-order chi connectivity index (χ1) is 25.3. The lowest BCUT2D eigenvalue weighted by Crippen LogP contribution is -2.32. The number of carboxylic acid groups (broad SMARTS) is 1. The second-order valence-electron chi connectivity index (χ2n) is 13.3. The smallest absolute Gasteiger partial charge is 0.303 e. The number of benzene rings is 2. The molecule has 0 radical (unpaired) electrons. The van der Waals surface area contributed by atoms with Crippen LogP contribution >= 0.6 is 0 Å². The first-order valence-corrected chi connectivity index (χ1v) is 20.4. The Morgan fingerprint density at radius 3 is 2.26 bits per heavy atom. The molecule has 0 spiro atoms. The summed E-state index contributed by atoms with van der Waals surface area (Å²) in [5.74, 6) is -9.83. The van der Waals surface area contributed by atoms with E-state index < -0.39 is 83.5 Å². The van der Waals surface area contributed by atoms with E-state index in [9.17, 15) is 43.9 Å². The zero-order valence-corrected chi connectivity index (χ0v) is 31.0. The predicted octanol–water partition coefficient (Wildman–Crippen LogP) is 7.30. The normalized spacial score (nSPS) is 18.1. The Morgan fingerprint density at radius 2 is 1.57 bits per heavy atom. The van der Waals surface area contributed by atoms with Crippen LogP contribution in [-0.4, -0.2) is 71.9 Å². The fourth-order valence-electron chi connectivity index (χ4n) is 6.79. The Bertz CT molecular complexity index is 2130. The van der Waals surface area contributed by atoms with Crippen molar-refractivity contribution in [3.63, 3.8) is 0 Å². The van der Waals surface area contributed by atoms with Crippen LogP contribution in [0.2, 0.25) is 0 Å². The minimum atomic E-state index is -4.40. The highest BCUT2D eigenvalue weighted by Crippen LogP contribution is 2.48. The van der Waals surface area contributed by atoms with Gasteiger partial charge < -0.3 is 14.6 Å². The van der Waals surface area contributed by atoms with Gasteiger partial charge in [0.25, 0.3) is 15.8 Å². The minimum absolute atomic E-state index is 0.0184. The van der Waals surface area contributed by atoms with Crippen LogP contribution < -0.4 is 4.90 Å². The number of hydrogen-bond donors (Lipinski definition) is 2. The van der Waals surface area contributed by atoms with Gasteiger partial charge in [-0.3, -0.25) is 9.35 Å². The molecule has 0 fully saturated rings. The standard InChI is InChI=1S/C37H41F5N2O8S2/c1-37(19-7-10-22-53(47,48)49)29(44(21-8-3-6-14-30(45)46)36-31(37)32(39)33(40)34(41)35(36)42)13-5-2-4-12-27-17-15-25-24-26(38)16-18-28(25)43(27)20-9-11-23-54(50,51)52/h2,4-5,12-13,15-18,24H,3,6-11,14,19-23H2,1H3,(H2-,45,46,47,48,49,50,51,52).